The van der Waals surface area contributed by atoms with Crippen LogP contribution < -0.4 is 35.3 Å². The van der Waals surface area contributed by atoms with Crippen LogP contribution in [-0.4, -0.2) is 25.3 Å². The average molecular weight is 414 g/mol. The maximum atomic E-state index is 9.71. The van der Waals surface area contributed by atoms with E-state index in [9.17, 15) is 8.42 Å². The van der Waals surface area contributed by atoms with Gasteiger partial charge in [-0.15, -0.1) is 0 Å². The first-order chi connectivity index (χ1) is 12.5. The summed E-state index contributed by atoms with van der Waals surface area (Å²) in [4.78, 5) is 0. The van der Waals surface area contributed by atoms with Gasteiger partial charge < -0.3 is 12.7 Å². The van der Waals surface area contributed by atoms with Gasteiger partial charge in [-0.3, -0.25) is 4.55 Å². The quantitative estimate of drug-likeness (QED) is 0.126. The van der Waals surface area contributed by atoms with Crippen molar-refractivity contribution in [3.63, 3.8) is 0 Å². The summed E-state index contributed by atoms with van der Waals surface area (Å²) >= 11 is 0. The van der Waals surface area contributed by atoms with Gasteiger partial charge in [-0.2, -0.15) is 14.8 Å². The van der Waals surface area contributed by atoms with Crippen molar-refractivity contribution in [1.82, 2.24) is 0 Å². The van der Waals surface area contributed by atoms with Crippen LogP contribution in [0, 0.1) is 6.92 Å². The fourth-order valence-corrected chi connectivity index (χ4v) is 2.87. The molecule has 0 aliphatic heterocycles. The molecule has 3 N–H and O–H groups in total. The number of unbranched alkanes of at least 4 members (excludes halogenated alkanes) is 13. The minimum atomic E-state index is -3.80. The molecule has 0 saturated heterocycles. The molecule has 0 spiro atoms. The second-order valence-electron chi connectivity index (χ2n) is 6.87. The van der Waals surface area contributed by atoms with Crippen molar-refractivity contribution in [2.45, 2.75) is 103 Å². The van der Waals surface area contributed by atoms with Crippen LogP contribution in [0.25, 0.3) is 0 Å². The molecule has 0 aliphatic carbocycles. The molecule has 0 fully saturated rings. The molecule has 0 radical (unpaired) electrons. The first-order valence-electron chi connectivity index (χ1n) is 10.6. The molecule has 0 aromatic carbocycles. The van der Waals surface area contributed by atoms with E-state index < -0.39 is 10.1 Å². The van der Waals surface area contributed by atoms with E-state index in [2.05, 4.69) is 26.0 Å². The van der Waals surface area contributed by atoms with Crippen molar-refractivity contribution in [3.8, 4) is 0 Å². The molecule has 0 amide bonds. The summed E-state index contributed by atoms with van der Waals surface area (Å²) < 4.78 is 27.3. The van der Waals surface area contributed by atoms with Gasteiger partial charge in [0.15, 0.2) is 0 Å². The predicted octanol–water partition coefficient (Wildman–Crippen LogP) is 3.08. The number of nitrogens with two attached hydrogens (primary N) is 1. The zero-order valence-electron chi connectivity index (χ0n) is 18.1. The maximum Gasteiger partial charge on any atom is 1.00 e. The molecule has 6 heteroatoms. The van der Waals surface area contributed by atoms with Crippen molar-refractivity contribution in [2.75, 3.05) is 12.3 Å². The van der Waals surface area contributed by atoms with Gasteiger partial charge >= 0.3 is 29.6 Å². The largest absolute Gasteiger partial charge is 1.00 e. The van der Waals surface area contributed by atoms with Crippen LogP contribution in [0.4, 0.5) is 0 Å². The van der Waals surface area contributed by atoms with Gasteiger partial charge in [-0.25, -0.2) is 0 Å². The molecule has 0 atom stereocenters. The van der Waals surface area contributed by atoms with Crippen molar-refractivity contribution >= 4 is 10.1 Å². The summed E-state index contributed by atoms with van der Waals surface area (Å²) in [6.07, 6.45) is 25.3. The number of rotatable bonds is 17. The van der Waals surface area contributed by atoms with E-state index in [1.54, 1.807) is 0 Å². The molecule has 158 valence electrons. The summed E-state index contributed by atoms with van der Waals surface area (Å²) in [6, 6.07) is 0. The van der Waals surface area contributed by atoms with Crippen molar-refractivity contribution < 1.29 is 42.5 Å². The Morgan fingerprint density at radius 1 is 0.815 bits per heavy atom. The minimum absolute atomic E-state index is 0. The zero-order chi connectivity index (χ0) is 19.9. The van der Waals surface area contributed by atoms with Crippen molar-refractivity contribution in [1.29, 1.82) is 0 Å². The molecule has 27 heavy (non-hydrogen) atoms. The molecule has 0 aromatic heterocycles. The van der Waals surface area contributed by atoms with Crippen LogP contribution in [0.15, 0.2) is 12.2 Å². The third kappa shape index (κ3) is 37.9. The molecular weight excluding hydrogens is 369 g/mol. The van der Waals surface area contributed by atoms with Gasteiger partial charge in [0.1, 0.15) is 0 Å². The average Bonchev–Trinajstić information content (AvgIpc) is 2.58. The van der Waals surface area contributed by atoms with Crippen LogP contribution in [0.5, 0.6) is 0 Å². The summed E-state index contributed by atoms with van der Waals surface area (Å²) in [5.41, 5.74) is 4.78. The van der Waals surface area contributed by atoms with Gasteiger partial charge in [-0.1, -0.05) is 83.3 Å². The smallest absolute Gasteiger partial charge is 0.343 e. The van der Waals surface area contributed by atoms with Gasteiger partial charge in [0.25, 0.3) is 10.1 Å². The van der Waals surface area contributed by atoms with E-state index in [1.807, 2.05) is 0 Å². The maximum absolute atomic E-state index is 9.71. The molecule has 0 heterocycles. The van der Waals surface area contributed by atoms with Gasteiger partial charge in [0, 0.05) is 6.54 Å². The number of hydrogen-bond donors (Lipinski definition) is 2. The van der Waals surface area contributed by atoms with E-state index in [0.717, 1.165) is 6.42 Å². The Kier molecular flexibility index (Phi) is 31.8. The van der Waals surface area contributed by atoms with Gasteiger partial charge in [-0.05, 0) is 25.7 Å². The fourth-order valence-electron chi connectivity index (χ4n) is 2.57. The first kappa shape index (κ1) is 32.3. The number of allylic oxidation sites excluding steroid dienone is 2. The Morgan fingerprint density at radius 2 is 1.22 bits per heavy atom. The van der Waals surface area contributed by atoms with Crippen LogP contribution in [-0.2, 0) is 10.1 Å². The van der Waals surface area contributed by atoms with E-state index in [0.29, 0.717) is 0 Å². The molecule has 0 saturated carbocycles. The standard InChI is InChI=1S/C19H37.C2H7NO3S.Na/c1-3-5-7-9-11-13-15-17-19-18-16-14-12-10-8-6-4-2;3-1-2-7(4,5)6;/h17,19H,1,3-16,18H2,2H3;1-3H2,(H,4,5,6);/q-1;;+1/b19-17-;;. The van der Waals surface area contributed by atoms with E-state index >= 15 is 0 Å². The summed E-state index contributed by atoms with van der Waals surface area (Å²) in [5, 5.41) is 0. The minimum Gasteiger partial charge on any atom is -0.343 e. The predicted molar refractivity (Wildman–Crippen MR) is 115 cm³/mol. The van der Waals surface area contributed by atoms with Crippen LogP contribution in [0.2, 0.25) is 0 Å². The molecule has 0 bridgehead atoms. The second-order valence-corrected chi connectivity index (χ2v) is 8.44. The molecule has 4 nitrogen and oxygen atoms in total. The Labute approximate surface area is 192 Å². The molecule has 0 rings (SSSR count). The Morgan fingerprint density at radius 3 is 1.56 bits per heavy atom. The van der Waals surface area contributed by atoms with Crippen molar-refractivity contribution in [2.24, 2.45) is 5.73 Å². The van der Waals surface area contributed by atoms with Crippen molar-refractivity contribution in [3.05, 3.63) is 19.1 Å². The third-order valence-corrected chi connectivity index (χ3v) is 4.89. The monoisotopic (exact) mass is 413 g/mol. The van der Waals surface area contributed by atoms with E-state index in [1.165, 1.54) is 89.9 Å². The third-order valence-electron chi connectivity index (χ3n) is 4.14. The molecular formula is C21H44NNaO3S. The topological polar surface area (TPSA) is 80.4 Å². The van der Waals surface area contributed by atoms with Crippen LogP contribution in [0.1, 0.15) is 103 Å². The molecule has 0 aliphatic rings. The van der Waals surface area contributed by atoms with E-state index in [-0.39, 0.29) is 41.9 Å². The zero-order valence-corrected chi connectivity index (χ0v) is 20.9. The normalized spacial score (nSPS) is 11.1. The molecule has 0 unspecified atom stereocenters. The van der Waals surface area contributed by atoms with Gasteiger partial charge in [0.05, 0.1) is 5.75 Å². The first-order valence-corrected chi connectivity index (χ1v) is 12.2. The summed E-state index contributed by atoms with van der Waals surface area (Å²) in [6.45, 7) is 6.13. The van der Waals surface area contributed by atoms with Gasteiger partial charge in [0.2, 0.25) is 0 Å². The Balaban J connectivity index is -0.000000612. The summed E-state index contributed by atoms with van der Waals surface area (Å²) in [7, 11) is -3.80. The SMILES string of the molecule is NCCS(=O)(=O)O.[CH2-]CCCCCCC/C=C\CCCCCCCCC.[Na+]. The Bertz CT molecular complexity index is 387. The van der Waals surface area contributed by atoms with Crippen LogP contribution in [0.3, 0.4) is 0 Å². The second kappa shape index (κ2) is 26.6. The number of hydrogen-bond acceptors (Lipinski definition) is 3. The Hall–Kier alpha value is 0.610. The fraction of sp³-hybridized carbons (Fsp3) is 0.857. The summed E-state index contributed by atoms with van der Waals surface area (Å²) in [5.74, 6) is -0.354. The van der Waals surface area contributed by atoms with Crippen LogP contribution >= 0.6 is 0 Å². The van der Waals surface area contributed by atoms with E-state index in [4.69, 9.17) is 10.3 Å². The molecule has 0 aromatic rings.